The van der Waals surface area contributed by atoms with Crippen molar-refractivity contribution in [2.45, 2.75) is 96.8 Å². The van der Waals surface area contributed by atoms with E-state index in [1.54, 1.807) is 38.5 Å². The molecule has 0 nitrogen and oxygen atoms in total. The van der Waals surface area contributed by atoms with Crippen molar-refractivity contribution >= 4 is 0 Å². The van der Waals surface area contributed by atoms with Crippen molar-refractivity contribution in [3.63, 3.8) is 0 Å². The molecule has 0 heteroatoms. The Bertz CT molecular complexity index is 251. The van der Waals surface area contributed by atoms with Gasteiger partial charge in [0.25, 0.3) is 0 Å². The van der Waals surface area contributed by atoms with Crippen molar-refractivity contribution in [3.8, 4) is 0 Å². The Morgan fingerprint density at radius 1 is 0.750 bits per heavy atom. The van der Waals surface area contributed by atoms with Crippen LogP contribution in [-0.2, 0) is 0 Å². The second kappa shape index (κ2) is 9.64. The fourth-order valence-electron chi connectivity index (χ4n) is 4.48. The molecule has 2 rings (SSSR count). The van der Waals surface area contributed by atoms with Crippen LogP contribution in [0.3, 0.4) is 0 Å². The van der Waals surface area contributed by atoms with Crippen LogP contribution in [0.1, 0.15) is 96.8 Å². The van der Waals surface area contributed by atoms with E-state index in [0.717, 1.165) is 17.8 Å². The van der Waals surface area contributed by atoms with Crippen LogP contribution in [0.25, 0.3) is 0 Å². The predicted octanol–water partition coefficient (Wildman–Crippen LogP) is 6.90. The molecule has 0 atom stereocenters. The van der Waals surface area contributed by atoms with Crippen LogP contribution in [0.4, 0.5) is 0 Å². The van der Waals surface area contributed by atoms with Crippen molar-refractivity contribution < 1.29 is 0 Å². The number of rotatable bonds is 7. The molecular weight excluding hydrogens is 240 g/mol. The van der Waals surface area contributed by atoms with Crippen LogP contribution < -0.4 is 0 Å². The lowest BCUT2D eigenvalue weighted by Crippen LogP contribution is -2.23. The van der Waals surface area contributed by atoms with Crippen LogP contribution >= 0.6 is 0 Å². The summed E-state index contributed by atoms with van der Waals surface area (Å²) in [6.45, 7) is 2.26. The topological polar surface area (TPSA) is 0 Å². The van der Waals surface area contributed by atoms with Crippen LogP contribution in [0.2, 0.25) is 0 Å². The van der Waals surface area contributed by atoms with Gasteiger partial charge in [-0.1, -0.05) is 76.9 Å². The first-order valence-electron chi connectivity index (χ1n) is 9.55. The summed E-state index contributed by atoms with van der Waals surface area (Å²) >= 11 is 0. The standard InChI is InChI=1S/C20H36/c1-2-3-4-5-6-8-11-18-14-16-20(17-15-18)19-12-9-7-10-13-19/h4-5,18-20H,2-3,6-17H2,1H3/b5-4-/t18-,20-. The van der Waals surface area contributed by atoms with Crippen LogP contribution in [0.15, 0.2) is 12.2 Å². The first-order chi connectivity index (χ1) is 9.90. The average Bonchev–Trinajstić information content (AvgIpc) is 2.52. The molecule has 2 aliphatic rings. The number of hydrogen-bond acceptors (Lipinski definition) is 0. The molecule has 2 aliphatic carbocycles. The summed E-state index contributed by atoms with van der Waals surface area (Å²) in [5.74, 6) is 3.28. The van der Waals surface area contributed by atoms with Gasteiger partial charge in [-0.2, -0.15) is 0 Å². The van der Waals surface area contributed by atoms with E-state index in [4.69, 9.17) is 0 Å². The molecule has 0 heterocycles. The normalized spacial score (nSPS) is 29.1. The zero-order valence-electron chi connectivity index (χ0n) is 13.8. The summed E-state index contributed by atoms with van der Waals surface area (Å²) in [5, 5.41) is 0. The lowest BCUT2D eigenvalue weighted by Gasteiger charge is -2.36. The summed E-state index contributed by atoms with van der Waals surface area (Å²) in [6.07, 6.45) is 25.5. The molecule has 0 unspecified atom stereocenters. The SMILES string of the molecule is CCC/C=C\CCC[C@H]1CC[C@H](C2CCCCC2)CC1. The smallest absolute Gasteiger partial charge is 0.0351 e. The van der Waals surface area contributed by atoms with Gasteiger partial charge in [0, 0.05) is 0 Å². The highest BCUT2D eigenvalue weighted by molar-refractivity contribution is 4.83. The number of allylic oxidation sites excluding steroid dienone is 2. The maximum Gasteiger partial charge on any atom is -0.0351 e. The van der Waals surface area contributed by atoms with E-state index in [1.165, 1.54) is 51.4 Å². The molecule has 2 fully saturated rings. The molecule has 0 bridgehead atoms. The Balaban J connectivity index is 1.55. The third kappa shape index (κ3) is 5.62. The van der Waals surface area contributed by atoms with E-state index in [0.29, 0.717) is 0 Å². The molecular formula is C20H36. The van der Waals surface area contributed by atoms with Crippen molar-refractivity contribution in [1.29, 1.82) is 0 Å². The molecule has 0 aromatic carbocycles. The average molecular weight is 277 g/mol. The first-order valence-corrected chi connectivity index (χ1v) is 9.55. The van der Waals surface area contributed by atoms with E-state index in [2.05, 4.69) is 19.1 Å². The van der Waals surface area contributed by atoms with Gasteiger partial charge in [0.1, 0.15) is 0 Å². The summed E-state index contributed by atoms with van der Waals surface area (Å²) in [5.41, 5.74) is 0. The molecule has 20 heavy (non-hydrogen) atoms. The molecule has 2 saturated carbocycles. The number of unbranched alkanes of at least 4 members (excludes halogenated alkanes) is 2. The molecule has 0 aromatic heterocycles. The summed E-state index contributed by atoms with van der Waals surface area (Å²) in [7, 11) is 0. The maximum atomic E-state index is 2.41. The van der Waals surface area contributed by atoms with Gasteiger partial charge in [0.2, 0.25) is 0 Å². The number of hydrogen-bond donors (Lipinski definition) is 0. The van der Waals surface area contributed by atoms with Gasteiger partial charge in [-0.25, -0.2) is 0 Å². The van der Waals surface area contributed by atoms with Gasteiger partial charge >= 0.3 is 0 Å². The fraction of sp³-hybridized carbons (Fsp3) is 0.900. The van der Waals surface area contributed by atoms with E-state index < -0.39 is 0 Å². The second-order valence-corrected chi connectivity index (χ2v) is 7.37. The van der Waals surface area contributed by atoms with Crippen molar-refractivity contribution in [2.24, 2.45) is 17.8 Å². The molecule has 0 aromatic rings. The Morgan fingerprint density at radius 2 is 1.40 bits per heavy atom. The Kier molecular flexibility index (Phi) is 7.76. The molecule has 0 N–H and O–H groups in total. The highest BCUT2D eigenvalue weighted by Gasteiger charge is 2.28. The Morgan fingerprint density at radius 3 is 2.10 bits per heavy atom. The fourth-order valence-corrected chi connectivity index (χ4v) is 4.48. The molecule has 0 saturated heterocycles. The Labute approximate surface area is 127 Å². The zero-order chi connectivity index (χ0) is 14.0. The minimum absolute atomic E-state index is 1.06. The van der Waals surface area contributed by atoms with Crippen molar-refractivity contribution in [1.82, 2.24) is 0 Å². The predicted molar refractivity (Wildman–Crippen MR) is 89.9 cm³/mol. The van der Waals surface area contributed by atoms with E-state index in [9.17, 15) is 0 Å². The zero-order valence-corrected chi connectivity index (χ0v) is 13.8. The summed E-state index contributed by atoms with van der Waals surface area (Å²) in [4.78, 5) is 0. The Hall–Kier alpha value is -0.260. The lowest BCUT2D eigenvalue weighted by molar-refractivity contribution is 0.163. The van der Waals surface area contributed by atoms with E-state index in [1.807, 2.05) is 0 Å². The van der Waals surface area contributed by atoms with Gasteiger partial charge in [-0.3, -0.25) is 0 Å². The van der Waals surface area contributed by atoms with Gasteiger partial charge < -0.3 is 0 Å². The summed E-state index contributed by atoms with van der Waals surface area (Å²) in [6, 6.07) is 0. The molecule has 0 spiro atoms. The summed E-state index contributed by atoms with van der Waals surface area (Å²) < 4.78 is 0. The largest absolute Gasteiger partial charge is 0.0885 e. The minimum Gasteiger partial charge on any atom is -0.0885 e. The molecule has 0 aliphatic heterocycles. The highest BCUT2D eigenvalue weighted by Crippen LogP contribution is 2.40. The van der Waals surface area contributed by atoms with Gasteiger partial charge in [0.15, 0.2) is 0 Å². The van der Waals surface area contributed by atoms with Crippen molar-refractivity contribution in [3.05, 3.63) is 12.2 Å². The highest BCUT2D eigenvalue weighted by atomic mass is 14.3. The van der Waals surface area contributed by atoms with Crippen LogP contribution in [0.5, 0.6) is 0 Å². The van der Waals surface area contributed by atoms with E-state index >= 15 is 0 Å². The van der Waals surface area contributed by atoms with Gasteiger partial charge in [0.05, 0.1) is 0 Å². The molecule has 116 valence electrons. The first kappa shape index (κ1) is 16.1. The maximum absolute atomic E-state index is 2.41. The van der Waals surface area contributed by atoms with Crippen LogP contribution in [0, 0.1) is 17.8 Å². The van der Waals surface area contributed by atoms with Crippen molar-refractivity contribution in [2.75, 3.05) is 0 Å². The van der Waals surface area contributed by atoms with Crippen LogP contribution in [-0.4, -0.2) is 0 Å². The van der Waals surface area contributed by atoms with Gasteiger partial charge in [-0.05, 0) is 49.9 Å². The quantitative estimate of drug-likeness (QED) is 0.350. The third-order valence-electron chi connectivity index (χ3n) is 5.81. The lowest BCUT2D eigenvalue weighted by atomic mass is 9.70. The molecule has 0 amide bonds. The monoisotopic (exact) mass is 276 g/mol. The molecule has 0 radical (unpaired) electrons. The van der Waals surface area contributed by atoms with Gasteiger partial charge in [-0.15, -0.1) is 0 Å². The third-order valence-corrected chi connectivity index (χ3v) is 5.81. The van der Waals surface area contributed by atoms with E-state index in [-0.39, 0.29) is 0 Å². The minimum atomic E-state index is 1.06. The second-order valence-electron chi connectivity index (χ2n) is 7.37.